The van der Waals surface area contributed by atoms with Gasteiger partial charge in [-0.2, -0.15) is 5.10 Å². The molecule has 0 radical (unpaired) electrons. The average Bonchev–Trinajstić information content (AvgIpc) is 3.25. The third kappa shape index (κ3) is 4.82. The molecule has 0 atom stereocenters. The molecule has 1 saturated carbocycles. The Morgan fingerprint density at radius 1 is 1.06 bits per heavy atom. The van der Waals surface area contributed by atoms with Crippen molar-refractivity contribution < 1.29 is 4.92 Å². The van der Waals surface area contributed by atoms with Crippen LogP contribution in [-0.2, 0) is 0 Å². The van der Waals surface area contributed by atoms with Crippen LogP contribution in [0.4, 0.5) is 5.69 Å². The minimum Gasteiger partial charge on any atom is -0.258 e. The maximum absolute atomic E-state index is 11.5. The summed E-state index contributed by atoms with van der Waals surface area (Å²) in [4.78, 5) is 17.1. The second-order valence-electron chi connectivity index (χ2n) is 9.11. The summed E-state index contributed by atoms with van der Waals surface area (Å²) in [7, 11) is 0. The topological polar surface area (TPSA) is 72.8 Å². The molecule has 0 saturated heterocycles. The van der Waals surface area contributed by atoms with E-state index in [0.717, 1.165) is 39.9 Å². The van der Waals surface area contributed by atoms with E-state index in [1.807, 2.05) is 23.7 Å². The summed E-state index contributed by atoms with van der Waals surface area (Å²) >= 11 is 1.60. The zero-order valence-electron chi connectivity index (χ0n) is 20.0. The van der Waals surface area contributed by atoms with Crippen LogP contribution < -0.4 is 4.80 Å². The molecule has 1 aromatic heterocycles. The molecule has 0 amide bonds. The first-order valence-electron chi connectivity index (χ1n) is 12.0. The molecule has 0 aliphatic heterocycles. The second kappa shape index (κ2) is 9.96. The lowest BCUT2D eigenvalue weighted by atomic mass is 9.96. The zero-order chi connectivity index (χ0) is 24.4. The lowest BCUT2D eigenvalue weighted by Crippen LogP contribution is -2.19. The van der Waals surface area contributed by atoms with Gasteiger partial charge < -0.3 is 0 Å². The van der Waals surface area contributed by atoms with E-state index >= 15 is 0 Å². The minimum absolute atomic E-state index is 0.105. The molecule has 1 aliphatic rings. The van der Waals surface area contributed by atoms with Crippen LogP contribution in [0.1, 0.15) is 50.2 Å². The zero-order valence-corrected chi connectivity index (χ0v) is 20.8. The van der Waals surface area contributed by atoms with Gasteiger partial charge in [0, 0.05) is 28.1 Å². The van der Waals surface area contributed by atoms with Crippen LogP contribution in [0.5, 0.6) is 0 Å². The van der Waals surface area contributed by atoms with Gasteiger partial charge in [-0.1, -0.05) is 73.9 Å². The maximum Gasteiger partial charge on any atom is 0.272 e. The van der Waals surface area contributed by atoms with E-state index in [1.165, 1.54) is 24.6 Å². The van der Waals surface area contributed by atoms with Crippen molar-refractivity contribution in [3.05, 3.63) is 92.1 Å². The third-order valence-corrected chi connectivity index (χ3v) is 7.52. The molecule has 1 heterocycles. The number of fused-ring (bicyclic) bond motifs is 1. The molecule has 3 aromatic carbocycles. The van der Waals surface area contributed by atoms with Crippen molar-refractivity contribution in [1.29, 1.82) is 0 Å². The Hall–Kier alpha value is -3.58. The summed E-state index contributed by atoms with van der Waals surface area (Å²) in [6.45, 7) is 3.65. The van der Waals surface area contributed by atoms with Gasteiger partial charge in [0.1, 0.15) is 0 Å². The van der Waals surface area contributed by atoms with E-state index in [2.05, 4.69) is 41.8 Å². The summed E-state index contributed by atoms with van der Waals surface area (Å²) in [5.74, 6) is 0. The molecule has 6 nitrogen and oxygen atoms in total. The van der Waals surface area contributed by atoms with E-state index in [0.29, 0.717) is 17.3 Å². The molecule has 4 aromatic rings. The van der Waals surface area contributed by atoms with Gasteiger partial charge in [0.15, 0.2) is 0 Å². The highest BCUT2D eigenvalue weighted by molar-refractivity contribution is 7.07. The molecule has 178 valence electrons. The summed E-state index contributed by atoms with van der Waals surface area (Å²) in [5.41, 5.74) is 4.25. The number of aryl methyl sites for hydroxylation is 1. The smallest absolute Gasteiger partial charge is 0.258 e. The number of nitro groups is 1. The molecule has 0 unspecified atom stereocenters. The minimum atomic E-state index is -0.338. The predicted molar refractivity (Wildman–Crippen MR) is 143 cm³/mol. The van der Waals surface area contributed by atoms with Crippen LogP contribution >= 0.6 is 11.3 Å². The number of nitro benzene ring substituents is 1. The van der Waals surface area contributed by atoms with Crippen molar-refractivity contribution in [2.45, 2.75) is 52.0 Å². The quantitative estimate of drug-likeness (QED) is 0.172. The molecule has 1 aliphatic carbocycles. The van der Waals surface area contributed by atoms with Gasteiger partial charge in [0.2, 0.25) is 4.80 Å². The van der Waals surface area contributed by atoms with E-state index in [4.69, 9.17) is 10.1 Å². The van der Waals surface area contributed by atoms with Crippen LogP contribution in [0.25, 0.3) is 22.0 Å². The van der Waals surface area contributed by atoms with Crippen LogP contribution in [0.2, 0.25) is 0 Å². The predicted octanol–water partition coefficient (Wildman–Crippen LogP) is 7.09. The first kappa shape index (κ1) is 23.2. The molecule has 0 bridgehead atoms. The fraction of sp³-hybridized carbons (Fsp3) is 0.286. The van der Waals surface area contributed by atoms with Gasteiger partial charge in [-0.05, 0) is 37.5 Å². The van der Waals surface area contributed by atoms with E-state index < -0.39 is 0 Å². The normalized spacial score (nSPS) is 15.6. The van der Waals surface area contributed by atoms with Crippen LogP contribution in [0, 0.1) is 17.0 Å². The first-order valence-corrected chi connectivity index (χ1v) is 12.9. The average molecular weight is 485 g/mol. The Labute approximate surface area is 208 Å². The Morgan fingerprint density at radius 3 is 2.63 bits per heavy atom. The summed E-state index contributed by atoms with van der Waals surface area (Å²) in [6.07, 6.45) is 5.92. The molecule has 5 rings (SSSR count). The number of aromatic nitrogens is 1. The molecule has 0 spiro atoms. The Bertz CT molecular complexity index is 1490. The van der Waals surface area contributed by atoms with Gasteiger partial charge >= 0.3 is 0 Å². The monoisotopic (exact) mass is 484 g/mol. The number of hydrogen-bond acceptors (Lipinski definition) is 5. The van der Waals surface area contributed by atoms with Crippen molar-refractivity contribution >= 4 is 33.5 Å². The maximum atomic E-state index is 11.5. The second-order valence-corrected chi connectivity index (χ2v) is 9.94. The third-order valence-electron chi connectivity index (χ3n) is 6.69. The standard InChI is InChI=1S/C28H28N4O2S/c1-19-15-16-22(17-26(19)32(33)34)20(2)30-31-27(18-35-28(31)29-23-11-4-3-5-12-23)25-14-8-10-21-9-6-7-13-24(21)25/h6-10,13-18,23H,3-5,11-12H2,1-2H3. The van der Waals surface area contributed by atoms with Crippen molar-refractivity contribution in [1.82, 2.24) is 4.68 Å². The van der Waals surface area contributed by atoms with E-state index in [-0.39, 0.29) is 10.6 Å². The first-order chi connectivity index (χ1) is 17.0. The van der Waals surface area contributed by atoms with E-state index in [1.54, 1.807) is 30.4 Å². The Balaban J connectivity index is 1.68. The number of hydrogen-bond donors (Lipinski definition) is 0. The van der Waals surface area contributed by atoms with Gasteiger partial charge in [0.05, 0.1) is 22.4 Å². The number of benzene rings is 3. The summed E-state index contributed by atoms with van der Waals surface area (Å²) in [6, 6.07) is 20.2. The number of thiazole rings is 1. The Kier molecular flexibility index (Phi) is 6.59. The number of nitrogens with zero attached hydrogens (tertiary/aromatic N) is 4. The highest BCUT2D eigenvalue weighted by Crippen LogP contribution is 2.30. The lowest BCUT2D eigenvalue weighted by Gasteiger charge is -2.17. The number of rotatable bonds is 5. The van der Waals surface area contributed by atoms with Gasteiger partial charge in [-0.25, -0.2) is 4.68 Å². The van der Waals surface area contributed by atoms with Crippen molar-refractivity contribution in [2.24, 2.45) is 10.1 Å². The van der Waals surface area contributed by atoms with Gasteiger partial charge in [-0.3, -0.25) is 15.1 Å². The fourth-order valence-corrected chi connectivity index (χ4v) is 5.62. The molecule has 0 N–H and O–H groups in total. The van der Waals surface area contributed by atoms with Gasteiger partial charge in [-0.15, -0.1) is 11.3 Å². The highest BCUT2D eigenvalue weighted by Gasteiger charge is 2.17. The van der Waals surface area contributed by atoms with Crippen LogP contribution in [-0.4, -0.2) is 21.4 Å². The van der Waals surface area contributed by atoms with Gasteiger partial charge in [0.25, 0.3) is 5.69 Å². The highest BCUT2D eigenvalue weighted by atomic mass is 32.1. The van der Waals surface area contributed by atoms with Crippen molar-refractivity contribution in [3.63, 3.8) is 0 Å². The van der Waals surface area contributed by atoms with Crippen LogP contribution in [0.3, 0.4) is 0 Å². The van der Waals surface area contributed by atoms with Crippen molar-refractivity contribution in [3.8, 4) is 11.3 Å². The summed E-state index contributed by atoms with van der Waals surface area (Å²) in [5, 5.41) is 20.9. The summed E-state index contributed by atoms with van der Waals surface area (Å²) < 4.78 is 1.93. The molecule has 7 heteroatoms. The molecular formula is C28H28N4O2S. The molecule has 35 heavy (non-hydrogen) atoms. The molecular weight excluding hydrogens is 456 g/mol. The van der Waals surface area contributed by atoms with E-state index in [9.17, 15) is 10.1 Å². The van der Waals surface area contributed by atoms with Crippen molar-refractivity contribution in [2.75, 3.05) is 0 Å². The SMILES string of the molecule is CC(=Nn1c(-c2cccc3ccccc23)csc1=NC1CCCCC1)c1ccc(C)c([N+](=O)[O-])c1. The lowest BCUT2D eigenvalue weighted by molar-refractivity contribution is -0.385. The van der Waals surface area contributed by atoms with Crippen LogP contribution in [0.15, 0.2) is 76.1 Å². The molecule has 1 fully saturated rings. The Morgan fingerprint density at radius 2 is 1.83 bits per heavy atom. The fourth-order valence-electron chi connectivity index (χ4n) is 4.72. The largest absolute Gasteiger partial charge is 0.272 e.